The summed E-state index contributed by atoms with van der Waals surface area (Å²) >= 11 is 0. The number of rotatable bonds is 6. The van der Waals surface area contributed by atoms with Gasteiger partial charge in [-0.3, -0.25) is 0 Å². The summed E-state index contributed by atoms with van der Waals surface area (Å²) in [6, 6.07) is 34.7. The molecular formula is C41H33N3O. The molecule has 1 aliphatic rings. The van der Waals surface area contributed by atoms with Gasteiger partial charge in [-0.1, -0.05) is 104 Å². The van der Waals surface area contributed by atoms with Crippen LogP contribution < -0.4 is 0 Å². The van der Waals surface area contributed by atoms with Crippen molar-refractivity contribution in [3.8, 4) is 11.3 Å². The monoisotopic (exact) mass is 583 g/mol. The summed E-state index contributed by atoms with van der Waals surface area (Å²) in [5.74, 6) is 0.649. The highest BCUT2D eigenvalue weighted by Gasteiger charge is 2.22. The average Bonchev–Trinajstić information content (AvgIpc) is 3.64. The highest BCUT2D eigenvalue weighted by molar-refractivity contribution is 6.08. The van der Waals surface area contributed by atoms with Gasteiger partial charge >= 0.3 is 0 Å². The fraction of sp³-hybridized carbons (Fsp3) is 0.122. The van der Waals surface area contributed by atoms with E-state index in [1.54, 1.807) is 6.08 Å². The van der Waals surface area contributed by atoms with Crippen LogP contribution in [0.2, 0.25) is 0 Å². The standard InChI is InChI=1S/C41H33N3O/c1-3-13-27(14-4-2)41-42-38(40-39(43-41)34-21-7-10-24-37(34)45-40)30-17-11-15-28(25-30)29-16-12-18-31(26-29)44-35-22-8-5-19-32(35)33-20-6-9-23-36(33)44/h3-11,13-15,17,19-26,31H,1,12,16,18H2,2H3/b14-4-,27-13+. The normalized spacial score (nSPS) is 15.9. The predicted molar refractivity (Wildman–Crippen MR) is 188 cm³/mol. The van der Waals surface area contributed by atoms with Crippen LogP contribution in [0.5, 0.6) is 0 Å². The highest BCUT2D eigenvalue weighted by Crippen LogP contribution is 2.40. The maximum Gasteiger partial charge on any atom is 0.180 e. The maximum atomic E-state index is 6.43. The van der Waals surface area contributed by atoms with E-state index in [1.165, 1.54) is 32.9 Å². The molecule has 0 amide bonds. The van der Waals surface area contributed by atoms with Crippen molar-refractivity contribution in [1.82, 2.24) is 14.5 Å². The van der Waals surface area contributed by atoms with Crippen molar-refractivity contribution in [2.24, 2.45) is 0 Å². The zero-order valence-electron chi connectivity index (χ0n) is 25.3. The van der Waals surface area contributed by atoms with Crippen LogP contribution in [0.4, 0.5) is 0 Å². The Kier molecular flexibility index (Phi) is 6.76. The Morgan fingerprint density at radius 1 is 0.844 bits per heavy atom. The first-order valence-corrected chi connectivity index (χ1v) is 15.7. The number of fused-ring (bicyclic) bond motifs is 6. The zero-order chi connectivity index (χ0) is 30.3. The van der Waals surface area contributed by atoms with Crippen LogP contribution in [0.15, 0.2) is 138 Å². The summed E-state index contributed by atoms with van der Waals surface area (Å²) in [6.07, 6.45) is 13.5. The Hall–Kier alpha value is -5.48. The molecule has 3 heterocycles. The van der Waals surface area contributed by atoms with E-state index in [1.807, 2.05) is 43.4 Å². The molecule has 218 valence electrons. The third-order valence-electron chi connectivity index (χ3n) is 8.92. The number of hydrogen-bond acceptors (Lipinski definition) is 3. The second-order valence-corrected chi connectivity index (χ2v) is 11.7. The van der Waals surface area contributed by atoms with Crippen molar-refractivity contribution < 1.29 is 4.42 Å². The number of nitrogens with zero attached hydrogens (tertiary/aromatic N) is 3. The number of aromatic nitrogens is 3. The lowest BCUT2D eigenvalue weighted by atomic mass is 9.89. The molecule has 0 bridgehead atoms. The molecule has 1 aliphatic carbocycles. The molecule has 0 fully saturated rings. The molecule has 7 aromatic rings. The van der Waals surface area contributed by atoms with Crippen LogP contribution in [0, 0.1) is 0 Å². The number of furan rings is 1. The van der Waals surface area contributed by atoms with E-state index in [9.17, 15) is 0 Å². The van der Waals surface area contributed by atoms with Crippen molar-refractivity contribution in [3.05, 3.63) is 145 Å². The van der Waals surface area contributed by atoms with Gasteiger partial charge in [0.2, 0.25) is 0 Å². The first kappa shape index (κ1) is 27.1. The van der Waals surface area contributed by atoms with Gasteiger partial charge in [-0.15, -0.1) is 0 Å². The molecule has 0 saturated carbocycles. The highest BCUT2D eigenvalue weighted by atomic mass is 16.3. The van der Waals surface area contributed by atoms with Gasteiger partial charge in [0.15, 0.2) is 11.4 Å². The minimum Gasteiger partial charge on any atom is -0.452 e. The first-order valence-electron chi connectivity index (χ1n) is 15.7. The molecular weight excluding hydrogens is 550 g/mol. The van der Waals surface area contributed by atoms with Crippen molar-refractivity contribution in [3.63, 3.8) is 0 Å². The smallest absolute Gasteiger partial charge is 0.180 e. The second kappa shape index (κ2) is 11.2. The molecule has 1 unspecified atom stereocenters. The minimum atomic E-state index is 0.280. The molecule has 4 aromatic carbocycles. The largest absolute Gasteiger partial charge is 0.452 e. The molecule has 0 N–H and O–H groups in total. The van der Waals surface area contributed by atoms with E-state index in [0.717, 1.165) is 52.6 Å². The third-order valence-corrected chi connectivity index (χ3v) is 8.92. The van der Waals surface area contributed by atoms with Crippen molar-refractivity contribution in [1.29, 1.82) is 0 Å². The van der Waals surface area contributed by atoms with Crippen molar-refractivity contribution in [2.75, 3.05) is 0 Å². The van der Waals surface area contributed by atoms with Gasteiger partial charge < -0.3 is 8.98 Å². The van der Waals surface area contributed by atoms with Gasteiger partial charge in [0.05, 0.1) is 6.04 Å². The average molecular weight is 584 g/mol. The molecule has 3 aromatic heterocycles. The molecule has 45 heavy (non-hydrogen) atoms. The van der Waals surface area contributed by atoms with E-state index < -0.39 is 0 Å². The molecule has 0 radical (unpaired) electrons. The fourth-order valence-corrected chi connectivity index (χ4v) is 6.95. The summed E-state index contributed by atoms with van der Waals surface area (Å²) in [5, 5.41) is 3.61. The summed E-state index contributed by atoms with van der Waals surface area (Å²) in [5.41, 5.74) is 10.2. The minimum absolute atomic E-state index is 0.280. The van der Waals surface area contributed by atoms with Gasteiger partial charge in [-0.05, 0) is 67.7 Å². The topological polar surface area (TPSA) is 43.9 Å². The van der Waals surface area contributed by atoms with Crippen LogP contribution in [-0.4, -0.2) is 14.5 Å². The van der Waals surface area contributed by atoms with Gasteiger partial charge in [0, 0.05) is 38.3 Å². The van der Waals surface area contributed by atoms with E-state index >= 15 is 0 Å². The molecule has 0 aliphatic heterocycles. The quantitative estimate of drug-likeness (QED) is 0.183. The fourth-order valence-electron chi connectivity index (χ4n) is 6.95. The Balaban J connectivity index is 1.28. The van der Waals surface area contributed by atoms with Crippen LogP contribution in [0.25, 0.3) is 66.3 Å². The molecule has 4 nitrogen and oxygen atoms in total. The van der Waals surface area contributed by atoms with Crippen molar-refractivity contribution in [2.45, 2.75) is 32.2 Å². The van der Waals surface area contributed by atoms with Crippen LogP contribution in [0.1, 0.15) is 43.6 Å². The van der Waals surface area contributed by atoms with E-state index in [0.29, 0.717) is 11.4 Å². The lowest BCUT2D eigenvalue weighted by Crippen LogP contribution is -2.10. The maximum absolute atomic E-state index is 6.43. The first-order chi connectivity index (χ1) is 22.2. The molecule has 8 rings (SSSR count). The number of benzene rings is 4. The third kappa shape index (κ3) is 4.61. The van der Waals surface area contributed by atoms with Gasteiger partial charge in [0.1, 0.15) is 16.8 Å². The Labute approximate surface area is 262 Å². The van der Waals surface area contributed by atoms with Crippen LogP contribution in [0.3, 0.4) is 0 Å². The van der Waals surface area contributed by atoms with Gasteiger partial charge in [-0.25, -0.2) is 9.97 Å². The summed E-state index contributed by atoms with van der Waals surface area (Å²) < 4.78 is 8.96. The summed E-state index contributed by atoms with van der Waals surface area (Å²) in [6.45, 7) is 5.92. The number of allylic oxidation sites excluding steroid dienone is 7. The van der Waals surface area contributed by atoms with E-state index in [4.69, 9.17) is 14.4 Å². The Morgan fingerprint density at radius 3 is 2.31 bits per heavy atom. The van der Waals surface area contributed by atoms with Crippen LogP contribution in [-0.2, 0) is 0 Å². The Bertz CT molecular complexity index is 2290. The van der Waals surface area contributed by atoms with E-state index in [-0.39, 0.29) is 6.04 Å². The zero-order valence-corrected chi connectivity index (χ0v) is 25.3. The summed E-state index contributed by atoms with van der Waals surface area (Å²) in [7, 11) is 0. The number of hydrogen-bond donors (Lipinski definition) is 0. The molecule has 0 saturated heterocycles. The molecule has 4 heteroatoms. The van der Waals surface area contributed by atoms with Crippen LogP contribution >= 0.6 is 0 Å². The lowest BCUT2D eigenvalue weighted by Gasteiger charge is -2.25. The van der Waals surface area contributed by atoms with E-state index in [2.05, 4.69) is 96.1 Å². The SMILES string of the molecule is C=C/C=C(\C=C/C)c1nc(-c2cccc(C3=CC(n4c5ccccc5c5ccccc54)CCC3)c2)c2oc3ccccc3c2n1. The summed E-state index contributed by atoms with van der Waals surface area (Å²) in [4.78, 5) is 10.1. The molecule has 1 atom stereocenters. The Morgan fingerprint density at radius 2 is 1.56 bits per heavy atom. The lowest BCUT2D eigenvalue weighted by molar-refractivity contribution is 0.548. The predicted octanol–water partition coefficient (Wildman–Crippen LogP) is 11.1. The molecule has 0 spiro atoms. The number of para-hydroxylation sites is 3. The van der Waals surface area contributed by atoms with Crippen molar-refractivity contribution >= 4 is 55.0 Å². The second-order valence-electron chi connectivity index (χ2n) is 11.7. The van der Waals surface area contributed by atoms with Gasteiger partial charge in [-0.2, -0.15) is 0 Å². The van der Waals surface area contributed by atoms with Gasteiger partial charge in [0.25, 0.3) is 0 Å².